The Morgan fingerprint density at radius 3 is 2.50 bits per heavy atom. The third-order valence-corrected chi connectivity index (χ3v) is 3.12. The molecule has 2 heterocycles. The van der Waals surface area contributed by atoms with E-state index in [0.717, 1.165) is 35.9 Å². The fourth-order valence-corrected chi connectivity index (χ4v) is 2.06. The summed E-state index contributed by atoms with van der Waals surface area (Å²) in [6.45, 7) is 6.07. The van der Waals surface area contributed by atoms with Gasteiger partial charge in [-0.3, -0.25) is 4.90 Å². The van der Waals surface area contributed by atoms with E-state index < -0.39 is 0 Å². The van der Waals surface area contributed by atoms with Crippen molar-refractivity contribution < 1.29 is 8.83 Å². The highest BCUT2D eigenvalue weighted by Gasteiger charge is 2.10. The van der Waals surface area contributed by atoms with Gasteiger partial charge in [-0.15, -0.1) is 0 Å². The molecule has 0 aliphatic rings. The predicted octanol–water partition coefficient (Wildman–Crippen LogP) is 2.58. The van der Waals surface area contributed by atoms with Gasteiger partial charge in [0.2, 0.25) is 0 Å². The van der Waals surface area contributed by atoms with Crippen molar-refractivity contribution in [1.82, 2.24) is 4.90 Å². The first-order valence-corrected chi connectivity index (χ1v) is 6.10. The number of hydrogen-bond acceptors (Lipinski definition) is 4. The Hall–Kier alpha value is -1.52. The smallest absolute Gasteiger partial charge is 0.118 e. The Kier molecular flexibility index (Phi) is 3.89. The zero-order chi connectivity index (χ0) is 13.1. The van der Waals surface area contributed by atoms with Crippen molar-refractivity contribution in [3.8, 4) is 0 Å². The lowest BCUT2D eigenvalue weighted by atomic mass is 10.2. The highest BCUT2D eigenvalue weighted by molar-refractivity contribution is 5.20. The second-order valence-corrected chi connectivity index (χ2v) is 4.67. The zero-order valence-corrected chi connectivity index (χ0v) is 11.2. The molecule has 0 amide bonds. The van der Waals surface area contributed by atoms with Crippen molar-refractivity contribution in [3.05, 3.63) is 46.8 Å². The third-order valence-electron chi connectivity index (χ3n) is 3.12. The second-order valence-electron chi connectivity index (χ2n) is 4.67. The highest BCUT2D eigenvalue weighted by Crippen LogP contribution is 2.17. The fourth-order valence-electron chi connectivity index (χ4n) is 2.06. The molecule has 4 nitrogen and oxygen atoms in total. The molecule has 0 saturated heterocycles. The summed E-state index contributed by atoms with van der Waals surface area (Å²) in [5.41, 5.74) is 7.93. The van der Waals surface area contributed by atoms with E-state index in [-0.39, 0.29) is 0 Å². The van der Waals surface area contributed by atoms with Crippen LogP contribution >= 0.6 is 0 Å². The minimum Gasteiger partial charge on any atom is -0.469 e. The lowest BCUT2D eigenvalue weighted by Crippen LogP contribution is -2.16. The van der Waals surface area contributed by atoms with Crippen molar-refractivity contribution in [1.29, 1.82) is 0 Å². The summed E-state index contributed by atoms with van der Waals surface area (Å²) >= 11 is 0. The van der Waals surface area contributed by atoms with Crippen molar-refractivity contribution in [2.24, 2.45) is 5.73 Å². The summed E-state index contributed by atoms with van der Waals surface area (Å²) in [6, 6.07) is 4.04. The van der Waals surface area contributed by atoms with E-state index in [1.807, 2.05) is 26.0 Å². The number of furan rings is 2. The predicted molar refractivity (Wildman–Crippen MR) is 70.0 cm³/mol. The Bertz CT molecular complexity index is 514. The van der Waals surface area contributed by atoms with Crippen LogP contribution in [0.5, 0.6) is 0 Å². The number of aryl methyl sites for hydroxylation is 2. The van der Waals surface area contributed by atoms with Gasteiger partial charge in [0.1, 0.15) is 17.3 Å². The molecule has 0 fully saturated rings. The van der Waals surface area contributed by atoms with Crippen LogP contribution in [0.3, 0.4) is 0 Å². The standard InChI is InChI=1S/C14H20N2O2/c1-10-12(4-5-17-10)8-16(3)9-14-6-13(7-15)11(2)18-14/h4-6H,7-9,15H2,1-3H3. The molecule has 0 spiro atoms. The maximum Gasteiger partial charge on any atom is 0.118 e. The van der Waals surface area contributed by atoms with Gasteiger partial charge in [-0.25, -0.2) is 0 Å². The quantitative estimate of drug-likeness (QED) is 0.883. The largest absolute Gasteiger partial charge is 0.469 e. The molecular weight excluding hydrogens is 228 g/mol. The Balaban J connectivity index is 1.98. The Morgan fingerprint density at radius 1 is 1.17 bits per heavy atom. The van der Waals surface area contributed by atoms with Crippen molar-refractivity contribution >= 4 is 0 Å². The zero-order valence-electron chi connectivity index (χ0n) is 11.2. The SMILES string of the molecule is Cc1occc1CN(C)Cc1cc(CN)c(C)o1. The fraction of sp³-hybridized carbons (Fsp3) is 0.429. The summed E-state index contributed by atoms with van der Waals surface area (Å²) in [5, 5.41) is 0. The summed E-state index contributed by atoms with van der Waals surface area (Å²) < 4.78 is 11.0. The van der Waals surface area contributed by atoms with Gasteiger partial charge in [0.05, 0.1) is 12.8 Å². The molecule has 98 valence electrons. The molecular formula is C14H20N2O2. The first-order valence-electron chi connectivity index (χ1n) is 6.10. The van der Waals surface area contributed by atoms with E-state index in [4.69, 9.17) is 14.6 Å². The Morgan fingerprint density at radius 2 is 1.94 bits per heavy atom. The van der Waals surface area contributed by atoms with Crippen molar-refractivity contribution in [2.75, 3.05) is 7.05 Å². The van der Waals surface area contributed by atoms with E-state index in [9.17, 15) is 0 Å². The van der Waals surface area contributed by atoms with Crippen LogP contribution in [-0.4, -0.2) is 11.9 Å². The molecule has 0 radical (unpaired) electrons. The molecule has 2 rings (SSSR count). The first kappa shape index (κ1) is 12.9. The maximum absolute atomic E-state index is 5.68. The van der Waals surface area contributed by atoms with Crippen molar-refractivity contribution in [2.45, 2.75) is 33.5 Å². The van der Waals surface area contributed by atoms with E-state index in [1.54, 1.807) is 6.26 Å². The van der Waals surface area contributed by atoms with Gasteiger partial charge in [0.15, 0.2) is 0 Å². The average Bonchev–Trinajstić information content (AvgIpc) is 2.86. The topological polar surface area (TPSA) is 55.5 Å². The number of nitrogens with zero attached hydrogens (tertiary/aromatic N) is 1. The van der Waals surface area contributed by atoms with E-state index in [0.29, 0.717) is 6.54 Å². The van der Waals surface area contributed by atoms with Crippen LogP contribution in [0, 0.1) is 13.8 Å². The molecule has 0 aromatic carbocycles. The molecule has 2 N–H and O–H groups in total. The molecule has 0 bridgehead atoms. The minimum absolute atomic E-state index is 0.528. The minimum atomic E-state index is 0.528. The molecule has 2 aromatic heterocycles. The number of rotatable bonds is 5. The Labute approximate surface area is 107 Å². The number of nitrogens with two attached hydrogens (primary N) is 1. The van der Waals surface area contributed by atoms with E-state index in [2.05, 4.69) is 11.9 Å². The maximum atomic E-state index is 5.68. The lowest BCUT2D eigenvalue weighted by Gasteiger charge is -2.14. The molecule has 0 saturated carbocycles. The molecule has 18 heavy (non-hydrogen) atoms. The van der Waals surface area contributed by atoms with E-state index in [1.165, 1.54) is 5.56 Å². The molecule has 0 aliphatic carbocycles. The monoisotopic (exact) mass is 248 g/mol. The second kappa shape index (κ2) is 5.42. The van der Waals surface area contributed by atoms with Gasteiger partial charge < -0.3 is 14.6 Å². The van der Waals surface area contributed by atoms with Gasteiger partial charge in [0, 0.05) is 24.2 Å². The van der Waals surface area contributed by atoms with Crippen LogP contribution in [-0.2, 0) is 19.6 Å². The van der Waals surface area contributed by atoms with Crippen molar-refractivity contribution in [3.63, 3.8) is 0 Å². The molecule has 2 aromatic rings. The van der Waals surface area contributed by atoms with Crippen LogP contribution in [0.25, 0.3) is 0 Å². The van der Waals surface area contributed by atoms with Crippen LogP contribution in [0.4, 0.5) is 0 Å². The van der Waals surface area contributed by atoms with Crippen LogP contribution in [0.1, 0.15) is 28.4 Å². The summed E-state index contributed by atoms with van der Waals surface area (Å²) in [7, 11) is 2.06. The van der Waals surface area contributed by atoms with Crippen LogP contribution < -0.4 is 5.73 Å². The van der Waals surface area contributed by atoms with Crippen LogP contribution in [0.2, 0.25) is 0 Å². The van der Waals surface area contributed by atoms with Gasteiger partial charge >= 0.3 is 0 Å². The van der Waals surface area contributed by atoms with Gasteiger partial charge in [-0.1, -0.05) is 0 Å². The molecule has 0 atom stereocenters. The number of hydrogen-bond donors (Lipinski definition) is 1. The normalized spacial score (nSPS) is 11.4. The first-order chi connectivity index (χ1) is 8.60. The van der Waals surface area contributed by atoms with Gasteiger partial charge in [0.25, 0.3) is 0 Å². The molecule has 0 unspecified atom stereocenters. The van der Waals surface area contributed by atoms with Crippen LogP contribution in [0.15, 0.2) is 27.2 Å². The summed E-state index contributed by atoms with van der Waals surface area (Å²) in [4.78, 5) is 2.19. The van der Waals surface area contributed by atoms with Gasteiger partial charge in [-0.2, -0.15) is 0 Å². The van der Waals surface area contributed by atoms with Gasteiger partial charge in [-0.05, 0) is 33.0 Å². The highest BCUT2D eigenvalue weighted by atomic mass is 16.3. The molecule has 0 aliphatic heterocycles. The average molecular weight is 248 g/mol. The summed E-state index contributed by atoms with van der Waals surface area (Å²) in [5.74, 6) is 2.84. The molecule has 4 heteroatoms. The summed E-state index contributed by atoms with van der Waals surface area (Å²) in [6.07, 6.45) is 1.72. The third kappa shape index (κ3) is 2.83. The lowest BCUT2D eigenvalue weighted by molar-refractivity contribution is 0.283. The van der Waals surface area contributed by atoms with E-state index >= 15 is 0 Å².